The van der Waals surface area contributed by atoms with Crippen LogP contribution in [0.15, 0.2) is 24.4 Å². The van der Waals surface area contributed by atoms with E-state index in [1.54, 1.807) is 6.20 Å². The predicted octanol–water partition coefficient (Wildman–Crippen LogP) is 1.97. The second kappa shape index (κ2) is 4.16. The number of aromatic nitrogens is 1. The molecule has 0 spiro atoms. The number of rotatable bonds is 3. The fourth-order valence-electron chi connectivity index (χ4n) is 0.688. The van der Waals surface area contributed by atoms with E-state index in [0.717, 1.165) is 5.69 Å². The molecule has 0 bridgehead atoms. The molecule has 0 amide bonds. The Labute approximate surface area is 66.3 Å². The molecule has 0 fully saturated rings. The van der Waals surface area contributed by atoms with E-state index >= 15 is 0 Å². The minimum atomic E-state index is -1.57. The van der Waals surface area contributed by atoms with Gasteiger partial charge < -0.3 is 0 Å². The fourth-order valence-corrected chi connectivity index (χ4v) is 1.27. The van der Waals surface area contributed by atoms with Crippen LogP contribution in [0.2, 0.25) is 0 Å². The Morgan fingerprint density at radius 2 is 2.45 bits per heavy atom. The largest absolute Gasteiger partial charge is 0.514 e. The van der Waals surface area contributed by atoms with Crippen molar-refractivity contribution in [1.29, 1.82) is 0 Å². The second-order valence-electron chi connectivity index (χ2n) is 1.99. The molecule has 0 aliphatic heterocycles. The second-order valence-corrected chi connectivity index (χ2v) is 3.34. The maximum absolute atomic E-state index is 10.9. The highest BCUT2D eigenvalue weighted by Gasteiger charge is 2.15. The Morgan fingerprint density at radius 3 is 3.00 bits per heavy atom. The van der Waals surface area contributed by atoms with E-state index in [2.05, 4.69) is 9.51 Å². The molecule has 0 saturated carbocycles. The number of hydrogen-bond acceptors (Lipinski definition) is 3. The summed E-state index contributed by atoms with van der Waals surface area (Å²) in [5.41, 5.74) is 0.801. The highest BCUT2D eigenvalue weighted by molar-refractivity contribution is 7.38. The van der Waals surface area contributed by atoms with Crippen LogP contribution in [0.5, 0.6) is 0 Å². The van der Waals surface area contributed by atoms with Crippen LogP contribution in [0.3, 0.4) is 0 Å². The van der Waals surface area contributed by atoms with Crippen molar-refractivity contribution in [1.82, 2.24) is 4.98 Å². The van der Waals surface area contributed by atoms with Crippen LogP contribution in [0.1, 0.15) is 5.69 Å². The van der Waals surface area contributed by atoms with Gasteiger partial charge in [-0.25, -0.2) is 0 Å². The van der Waals surface area contributed by atoms with Crippen molar-refractivity contribution in [3.63, 3.8) is 0 Å². The molecule has 3 nitrogen and oxygen atoms in total. The molecular formula is C7H9NO2P+. The van der Waals surface area contributed by atoms with Gasteiger partial charge in [-0.2, -0.15) is 0 Å². The standard InChI is InChI=1S/C7H9NO2P/c1-10-11(9)6-7-4-2-3-5-8-7/h2-5H,6H2,1H3/q+1. The van der Waals surface area contributed by atoms with E-state index in [1.165, 1.54) is 7.11 Å². The Bertz CT molecular complexity index is 237. The van der Waals surface area contributed by atoms with Crippen LogP contribution in [0, 0.1) is 0 Å². The lowest BCUT2D eigenvalue weighted by Gasteiger charge is -1.87. The van der Waals surface area contributed by atoms with Crippen LogP contribution in [0.25, 0.3) is 0 Å². The van der Waals surface area contributed by atoms with Gasteiger partial charge in [0, 0.05) is 6.20 Å². The average Bonchev–Trinajstić information content (AvgIpc) is 2.06. The summed E-state index contributed by atoms with van der Waals surface area (Å²) in [4.78, 5) is 4.00. The Kier molecular flexibility index (Phi) is 3.14. The highest BCUT2D eigenvalue weighted by Crippen LogP contribution is 2.24. The van der Waals surface area contributed by atoms with E-state index in [-0.39, 0.29) is 0 Å². The highest BCUT2D eigenvalue weighted by atomic mass is 31.1. The lowest BCUT2D eigenvalue weighted by molar-refractivity contribution is 0.413. The summed E-state index contributed by atoms with van der Waals surface area (Å²) in [5.74, 6) is 0. The van der Waals surface area contributed by atoms with Gasteiger partial charge in [-0.1, -0.05) is 6.07 Å². The maximum atomic E-state index is 10.9. The molecule has 0 radical (unpaired) electrons. The van der Waals surface area contributed by atoms with Crippen molar-refractivity contribution in [3.05, 3.63) is 30.1 Å². The first-order valence-electron chi connectivity index (χ1n) is 3.21. The van der Waals surface area contributed by atoms with Gasteiger partial charge in [0.2, 0.25) is 6.16 Å². The minimum Gasteiger partial charge on any atom is -0.257 e. The lowest BCUT2D eigenvalue weighted by atomic mass is 10.4. The SMILES string of the molecule is CO[P+](=O)Cc1ccccn1. The normalized spacial score (nSPS) is 11.2. The topological polar surface area (TPSA) is 39.2 Å². The molecule has 4 heteroatoms. The first-order valence-corrected chi connectivity index (χ1v) is 4.58. The molecule has 1 rings (SSSR count). The quantitative estimate of drug-likeness (QED) is 0.651. The van der Waals surface area contributed by atoms with E-state index in [0.29, 0.717) is 6.16 Å². The smallest absolute Gasteiger partial charge is 0.257 e. The minimum absolute atomic E-state index is 0.396. The first kappa shape index (κ1) is 8.31. The number of hydrogen-bond donors (Lipinski definition) is 0. The molecule has 1 aromatic heterocycles. The number of nitrogens with zero attached hydrogens (tertiary/aromatic N) is 1. The van der Waals surface area contributed by atoms with Crippen molar-refractivity contribution in [2.24, 2.45) is 0 Å². The van der Waals surface area contributed by atoms with Crippen molar-refractivity contribution in [2.75, 3.05) is 7.11 Å². The third-order valence-electron chi connectivity index (χ3n) is 1.22. The van der Waals surface area contributed by atoms with Crippen LogP contribution < -0.4 is 0 Å². The van der Waals surface area contributed by atoms with E-state index in [1.807, 2.05) is 18.2 Å². The van der Waals surface area contributed by atoms with Crippen LogP contribution in [0.4, 0.5) is 0 Å². The van der Waals surface area contributed by atoms with E-state index < -0.39 is 8.03 Å². The monoisotopic (exact) mass is 170 g/mol. The summed E-state index contributed by atoms with van der Waals surface area (Å²) in [6, 6.07) is 5.51. The van der Waals surface area contributed by atoms with Crippen LogP contribution >= 0.6 is 8.03 Å². The van der Waals surface area contributed by atoms with Crippen molar-refractivity contribution >= 4 is 8.03 Å². The predicted molar refractivity (Wildman–Crippen MR) is 42.6 cm³/mol. The summed E-state index contributed by atoms with van der Waals surface area (Å²) in [6.45, 7) is 0. The third kappa shape index (κ3) is 2.74. The van der Waals surface area contributed by atoms with Crippen molar-refractivity contribution < 1.29 is 9.09 Å². The molecule has 0 N–H and O–H groups in total. The molecule has 1 heterocycles. The van der Waals surface area contributed by atoms with Gasteiger partial charge >= 0.3 is 8.03 Å². The van der Waals surface area contributed by atoms with Gasteiger partial charge in [0.1, 0.15) is 0 Å². The van der Waals surface area contributed by atoms with Gasteiger partial charge in [-0.3, -0.25) is 4.98 Å². The summed E-state index contributed by atoms with van der Waals surface area (Å²) >= 11 is 0. The zero-order valence-electron chi connectivity index (χ0n) is 6.23. The van der Waals surface area contributed by atoms with Crippen LogP contribution in [-0.4, -0.2) is 12.1 Å². The third-order valence-corrected chi connectivity index (χ3v) is 2.21. The molecule has 0 aromatic carbocycles. The maximum Gasteiger partial charge on any atom is 0.514 e. The van der Waals surface area contributed by atoms with Gasteiger partial charge in [0.25, 0.3) is 0 Å². The fraction of sp³-hybridized carbons (Fsp3) is 0.286. The molecular weight excluding hydrogens is 161 g/mol. The zero-order valence-corrected chi connectivity index (χ0v) is 7.12. The molecule has 1 aromatic rings. The Morgan fingerprint density at radius 1 is 1.64 bits per heavy atom. The van der Waals surface area contributed by atoms with Crippen molar-refractivity contribution in [2.45, 2.75) is 6.16 Å². The Balaban J connectivity index is 2.58. The summed E-state index contributed by atoms with van der Waals surface area (Å²) in [7, 11) is -0.135. The molecule has 0 aliphatic carbocycles. The molecule has 58 valence electrons. The molecule has 1 unspecified atom stereocenters. The zero-order chi connectivity index (χ0) is 8.10. The first-order chi connectivity index (χ1) is 5.33. The molecule has 11 heavy (non-hydrogen) atoms. The van der Waals surface area contributed by atoms with E-state index in [4.69, 9.17) is 0 Å². The van der Waals surface area contributed by atoms with Gasteiger partial charge in [0.05, 0.1) is 12.8 Å². The van der Waals surface area contributed by atoms with Gasteiger partial charge in [-0.15, -0.1) is 4.52 Å². The molecule has 0 saturated heterocycles. The number of pyridine rings is 1. The molecule has 0 aliphatic rings. The average molecular weight is 170 g/mol. The Hall–Kier alpha value is -0.790. The van der Waals surface area contributed by atoms with Gasteiger partial charge in [0.15, 0.2) is 0 Å². The summed E-state index contributed by atoms with van der Waals surface area (Å²) in [5, 5.41) is 0. The van der Waals surface area contributed by atoms with E-state index in [9.17, 15) is 4.57 Å². The van der Waals surface area contributed by atoms with Crippen LogP contribution in [-0.2, 0) is 15.3 Å². The summed E-state index contributed by atoms with van der Waals surface area (Å²) < 4.78 is 15.5. The van der Waals surface area contributed by atoms with Gasteiger partial charge in [-0.05, 0) is 16.7 Å². The van der Waals surface area contributed by atoms with Crippen molar-refractivity contribution in [3.8, 4) is 0 Å². The lowest BCUT2D eigenvalue weighted by Crippen LogP contribution is -1.84. The molecule has 1 atom stereocenters. The summed E-state index contributed by atoms with van der Waals surface area (Å²) in [6.07, 6.45) is 2.07.